The molecule has 30 heavy (non-hydrogen) atoms. The minimum Gasteiger partial charge on any atom is -0.491 e. The van der Waals surface area contributed by atoms with Gasteiger partial charge in [0.05, 0.1) is 24.2 Å². The SMILES string of the molecule is CCCCCCCCCc1cnc(-c2ccc(OCCCCCCC)c(F)c2)cn1. The number of aromatic nitrogens is 2. The van der Waals surface area contributed by atoms with Gasteiger partial charge in [0.15, 0.2) is 11.6 Å². The Kier molecular flexibility index (Phi) is 12.1. The fourth-order valence-electron chi connectivity index (χ4n) is 3.56. The van der Waals surface area contributed by atoms with E-state index in [4.69, 9.17) is 4.74 Å². The van der Waals surface area contributed by atoms with Crippen LogP contribution in [0.4, 0.5) is 4.39 Å². The Labute approximate surface area is 182 Å². The molecule has 0 amide bonds. The number of aryl methyl sites for hydroxylation is 1. The van der Waals surface area contributed by atoms with Gasteiger partial charge < -0.3 is 4.74 Å². The maximum Gasteiger partial charge on any atom is 0.165 e. The molecule has 0 bridgehead atoms. The number of nitrogens with zero attached hydrogens (tertiary/aromatic N) is 2. The molecule has 0 radical (unpaired) electrons. The molecule has 166 valence electrons. The van der Waals surface area contributed by atoms with E-state index in [1.807, 2.05) is 12.3 Å². The Morgan fingerprint density at radius 2 is 1.43 bits per heavy atom. The van der Waals surface area contributed by atoms with Crippen molar-refractivity contribution in [3.63, 3.8) is 0 Å². The smallest absolute Gasteiger partial charge is 0.165 e. The monoisotopic (exact) mass is 414 g/mol. The Hall–Kier alpha value is -1.97. The van der Waals surface area contributed by atoms with Gasteiger partial charge in [0.25, 0.3) is 0 Å². The summed E-state index contributed by atoms with van der Waals surface area (Å²) < 4.78 is 20.0. The van der Waals surface area contributed by atoms with E-state index in [9.17, 15) is 4.39 Å². The molecule has 0 aliphatic heterocycles. The number of hydrogen-bond donors (Lipinski definition) is 0. The maximum absolute atomic E-state index is 14.4. The van der Waals surface area contributed by atoms with Crippen LogP contribution in [0.5, 0.6) is 5.75 Å². The summed E-state index contributed by atoms with van der Waals surface area (Å²) in [7, 11) is 0. The first-order valence-corrected chi connectivity index (χ1v) is 12.0. The summed E-state index contributed by atoms with van der Waals surface area (Å²) in [6.45, 7) is 5.00. The second-order valence-corrected chi connectivity index (χ2v) is 8.17. The van der Waals surface area contributed by atoms with Gasteiger partial charge in [-0.25, -0.2) is 4.39 Å². The number of rotatable bonds is 16. The molecule has 0 aliphatic carbocycles. The molecular formula is C26H39FN2O. The second-order valence-electron chi connectivity index (χ2n) is 8.17. The van der Waals surface area contributed by atoms with Crippen LogP contribution in [0.3, 0.4) is 0 Å². The van der Waals surface area contributed by atoms with Crippen LogP contribution in [0.2, 0.25) is 0 Å². The molecule has 0 atom stereocenters. The molecule has 0 N–H and O–H groups in total. The summed E-state index contributed by atoms with van der Waals surface area (Å²) in [4.78, 5) is 9.02. The van der Waals surface area contributed by atoms with Crippen LogP contribution in [0.1, 0.15) is 96.6 Å². The van der Waals surface area contributed by atoms with Crippen molar-refractivity contribution in [1.29, 1.82) is 0 Å². The van der Waals surface area contributed by atoms with Crippen LogP contribution < -0.4 is 4.74 Å². The van der Waals surface area contributed by atoms with Gasteiger partial charge >= 0.3 is 0 Å². The van der Waals surface area contributed by atoms with Gasteiger partial charge in [0.2, 0.25) is 0 Å². The first-order valence-electron chi connectivity index (χ1n) is 12.0. The van der Waals surface area contributed by atoms with E-state index in [-0.39, 0.29) is 5.82 Å². The van der Waals surface area contributed by atoms with Crippen molar-refractivity contribution in [2.24, 2.45) is 0 Å². The quantitative estimate of drug-likeness (QED) is 0.262. The van der Waals surface area contributed by atoms with E-state index in [1.165, 1.54) is 63.9 Å². The van der Waals surface area contributed by atoms with Gasteiger partial charge in [0, 0.05) is 11.8 Å². The highest BCUT2D eigenvalue weighted by molar-refractivity contribution is 5.59. The van der Waals surface area contributed by atoms with E-state index < -0.39 is 0 Å². The van der Waals surface area contributed by atoms with Gasteiger partial charge in [0.1, 0.15) is 0 Å². The Morgan fingerprint density at radius 3 is 2.07 bits per heavy atom. The highest BCUT2D eigenvalue weighted by Crippen LogP contribution is 2.24. The van der Waals surface area contributed by atoms with Gasteiger partial charge in [-0.1, -0.05) is 78.1 Å². The Bertz CT molecular complexity index is 703. The zero-order valence-electron chi connectivity index (χ0n) is 19.0. The fourth-order valence-corrected chi connectivity index (χ4v) is 3.56. The van der Waals surface area contributed by atoms with Crippen LogP contribution in [-0.2, 0) is 6.42 Å². The number of unbranched alkanes of at least 4 members (excludes halogenated alkanes) is 10. The third kappa shape index (κ3) is 9.23. The zero-order chi connectivity index (χ0) is 21.4. The van der Waals surface area contributed by atoms with E-state index in [2.05, 4.69) is 23.8 Å². The van der Waals surface area contributed by atoms with Crippen LogP contribution in [0.25, 0.3) is 11.3 Å². The van der Waals surface area contributed by atoms with Crippen LogP contribution in [0.15, 0.2) is 30.6 Å². The number of hydrogen-bond acceptors (Lipinski definition) is 3. The van der Waals surface area contributed by atoms with Crippen LogP contribution >= 0.6 is 0 Å². The molecule has 1 aromatic heterocycles. The zero-order valence-corrected chi connectivity index (χ0v) is 19.0. The molecular weight excluding hydrogens is 375 g/mol. The predicted molar refractivity (Wildman–Crippen MR) is 123 cm³/mol. The average Bonchev–Trinajstić information content (AvgIpc) is 2.77. The minimum atomic E-state index is -0.338. The van der Waals surface area contributed by atoms with Crippen molar-refractivity contribution in [2.45, 2.75) is 97.3 Å². The summed E-state index contributed by atoms with van der Waals surface area (Å²) in [6, 6.07) is 5.05. The molecule has 0 fully saturated rings. The Morgan fingerprint density at radius 1 is 0.767 bits per heavy atom. The highest BCUT2D eigenvalue weighted by atomic mass is 19.1. The van der Waals surface area contributed by atoms with E-state index in [1.54, 1.807) is 12.3 Å². The summed E-state index contributed by atoms with van der Waals surface area (Å²) in [5, 5.41) is 0. The van der Waals surface area contributed by atoms with E-state index >= 15 is 0 Å². The van der Waals surface area contributed by atoms with Crippen molar-refractivity contribution in [3.8, 4) is 17.0 Å². The number of halogens is 1. The third-order valence-electron chi connectivity index (χ3n) is 5.47. The molecule has 0 saturated heterocycles. The summed E-state index contributed by atoms with van der Waals surface area (Å²) >= 11 is 0. The summed E-state index contributed by atoms with van der Waals surface area (Å²) in [5.74, 6) is -0.0206. The molecule has 2 rings (SSSR count). The second kappa shape index (κ2) is 14.9. The van der Waals surface area contributed by atoms with E-state index in [0.717, 1.165) is 36.9 Å². The van der Waals surface area contributed by atoms with Gasteiger partial charge in [-0.15, -0.1) is 0 Å². The normalized spacial score (nSPS) is 11.0. The maximum atomic E-state index is 14.4. The lowest BCUT2D eigenvalue weighted by Crippen LogP contribution is -2.00. The summed E-state index contributed by atoms with van der Waals surface area (Å²) in [5.41, 5.74) is 2.44. The van der Waals surface area contributed by atoms with Gasteiger partial charge in [-0.05, 0) is 37.5 Å². The Balaban J connectivity index is 1.75. The molecule has 4 heteroatoms. The molecule has 0 aliphatic rings. The largest absolute Gasteiger partial charge is 0.491 e. The van der Waals surface area contributed by atoms with Gasteiger partial charge in [-0.2, -0.15) is 0 Å². The lowest BCUT2D eigenvalue weighted by molar-refractivity contribution is 0.290. The third-order valence-corrected chi connectivity index (χ3v) is 5.47. The predicted octanol–water partition coefficient (Wildman–Crippen LogP) is 7.93. The fraction of sp³-hybridized carbons (Fsp3) is 0.615. The van der Waals surface area contributed by atoms with Crippen molar-refractivity contribution < 1.29 is 9.13 Å². The van der Waals surface area contributed by atoms with Crippen molar-refractivity contribution in [1.82, 2.24) is 9.97 Å². The van der Waals surface area contributed by atoms with Gasteiger partial charge in [-0.3, -0.25) is 9.97 Å². The molecule has 0 spiro atoms. The topological polar surface area (TPSA) is 35.0 Å². The molecule has 1 aromatic carbocycles. The van der Waals surface area contributed by atoms with Crippen molar-refractivity contribution in [2.75, 3.05) is 6.61 Å². The first kappa shape index (κ1) is 24.3. The first-order chi connectivity index (χ1) is 14.7. The average molecular weight is 415 g/mol. The lowest BCUT2D eigenvalue weighted by atomic mass is 10.1. The lowest BCUT2D eigenvalue weighted by Gasteiger charge is -2.09. The number of ether oxygens (including phenoxy) is 1. The molecule has 0 unspecified atom stereocenters. The van der Waals surface area contributed by atoms with Crippen molar-refractivity contribution >= 4 is 0 Å². The van der Waals surface area contributed by atoms with Crippen LogP contribution in [-0.4, -0.2) is 16.6 Å². The van der Waals surface area contributed by atoms with Crippen molar-refractivity contribution in [3.05, 3.63) is 42.1 Å². The van der Waals surface area contributed by atoms with E-state index in [0.29, 0.717) is 18.1 Å². The molecule has 3 nitrogen and oxygen atoms in total. The number of benzene rings is 1. The molecule has 0 saturated carbocycles. The highest BCUT2D eigenvalue weighted by Gasteiger charge is 2.08. The minimum absolute atomic E-state index is 0.317. The molecule has 2 aromatic rings. The van der Waals surface area contributed by atoms with Crippen LogP contribution in [0, 0.1) is 5.82 Å². The standard InChI is InChI=1S/C26H39FN2O/c1-3-5-7-9-10-11-13-15-23-20-29-25(21-28-23)22-16-17-26(24(27)19-22)30-18-14-12-8-6-4-2/h16-17,19-21H,3-15,18H2,1-2H3. The summed E-state index contributed by atoms with van der Waals surface area (Å²) in [6.07, 6.45) is 19.4. The molecule has 1 heterocycles.